The number of piperazine rings is 1. The van der Waals surface area contributed by atoms with E-state index in [0.29, 0.717) is 48.8 Å². The van der Waals surface area contributed by atoms with Gasteiger partial charge in [-0.1, -0.05) is 25.9 Å². The third-order valence-corrected chi connectivity index (χ3v) is 5.24. The Morgan fingerprint density at radius 3 is 2.61 bits per heavy atom. The second-order valence-electron chi connectivity index (χ2n) is 8.90. The highest BCUT2D eigenvalue weighted by Gasteiger charge is 2.30. The third kappa shape index (κ3) is 4.48. The summed E-state index contributed by atoms with van der Waals surface area (Å²) in [6.45, 7) is 9.35. The van der Waals surface area contributed by atoms with Crippen LogP contribution in [0.1, 0.15) is 58.3 Å². The van der Waals surface area contributed by atoms with Gasteiger partial charge in [-0.3, -0.25) is 4.79 Å². The Kier molecular flexibility index (Phi) is 5.03. The van der Waals surface area contributed by atoms with Gasteiger partial charge in [0.1, 0.15) is 5.69 Å². The molecule has 1 aliphatic heterocycles. The van der Waals surface area contributed by atoms with E-state index in [0.717, 1.165) is 32.4 Å². The van der Waals surface area contributed by atoms with Gasteiger partial charge < -0.3 is 14.3 Å². The molecule has 8 heteroatoms. The van der Waals surface area contributed by atoms with Gasteiger partial charge in [-0.2, -0.15) is 4.98 Å². The van der Waals surface area contributed by atoms with Gasteiger partial charge in [-0.15, -0.1) is 0 Å². The van der Waals surface area contributed by atoms with Crippen molar-refractivity contribution < 1.29 is 9.32 Å². The van der Waals surface area contributed by atoms with E-state index in [1.165, 1.54) is 0 Å². The number of hydrogen-bond acceptors (Lipinski definition) is 7. The number of aromatic nitrogens is 4. The van der Waals surface area contributed by atoms with Crippen molar-refractivity contribution in [3.63, 3.8) is 0 Å². The summed E-state index contributed by atoms with van der Waals surface area (Å²) in [5.41, 5.74) is 0.852. The fourth-order valence-electron chi connectivity index (χ4n) is 3.26. The first-order valence-corrected chi connectivity index (χ1v) is 10.1. The van der Waals surface area contributed by atoms with E-state index in [1.807, 2.05) is 4.90 Å². The molecule has 3 heterocycles. The van der Waals surface area contributed by atoms with Crippen molar-refractivity contribution in [2.24, 2.45) is 5.41 Å². The molecular weight excluding hydrogens is 356 g/mol. The van der Waals surface area contributed by atoms with Crippen molar-refractivity contribution in [3.05, 3.63) is 18.2 Å². The van der Waals surface area contributed by atoms with Crippen LogP contribution in [0.25, 0.3) is 11.5 Å². The van der Waals surface area contributed by atoms with Gasteiger partial charge in [0.05, 0.1) is 0 Å². The van der Waals surface area contributed by atoms with Crippen LogP contribution in [-0.2, 0) is 4.79 Å². The summed E-state index contributed by atoms with van der Waals surface area (Å²) in [4.78, 5) is 30.0. The first-order valence-electron chi connectivity index (χ1n) is 10.1. The van der Waals surface area contributed by atoms with Gasteiger partial charge in [0.15, 0.2) is 0 Å². The van der Waals surface area contributed by atoms with Crippen LogP contribution < -0.4 is 4.90 Å². The van der Waals surface area contributed by atoms with Crippen LogP contribution in [0.4, 0.5) is 5.95 Å². The Balaban J connectivity index is 1.36. The minimum absolute atomic E-state index is 0.181. The minimum Gasteiger partial charge on any atom is -0.339 e. The molecule has 150 valence electrons. The second-order valence-corrected chi connectivity index (χ2v) is 8.90. The molecule has 4 rings (SSSR count). The van der Waals surface area contributed by atoms with Crippen molar-refractivity contribution >= 4 is 11.9 Å². The molecule has 1 amide bonds. The van der Waals surface area contributed by atoms with Crippen LogP contribution in [0.15, 0.2) is 16.8 Å². The summed E-state index contributed by atoms with van der Waals surface area (Å²) >= 11 is 0. The molecule has 0 bridgehead atoms. The van der Waals surface area contributed by atoms with E-state index < -0.39 is 0 Å². The smallest absolute Gasteiger partial charge is 0.230 e. The Morgan fingerprint density at radius 1 is 1.18 bits per heavy atom. The fourth-order valence-corrected chi connectivity index (χ4v) is 3.26. The van der Waals surface area contributed by atoms with Gasteiger partial charge in [-0.05, 0) is 30.7 Å². The lowest BCUT2D eigenvalue weighted by molar-refractivity contribution is -0.132. The van der Waals surface area contributed by atoms with Crippen LogP contribution in [0.2, 0.25) is 0 Å². The molecule has 1 saturated heterocycles. The van der Waals surface area contributed by atoms with Crippen molar-refractivity contribution in [3.8, 4) is 11.5 Å². The summed E-state index contributed by atoms with van der Waals surface area (Å²) < 4.78 is 5.34. The lowest BCUT2D eigenvalue weighted by atomic mass is 9.90. The molecule has 2 aliphatic rings. The van der Waals surface area contributed by atoms with Crippen LogP contribution >= 0.6 is 0 Å². The van der Waals surface area contributed by atoms with Crippen LogP contribution in [0.3, 0.4) is 0 Å². The maximum Gasteiger partial charge on any atom is 0.230 e. The lowest BCUT2D eigenvalue weighted by Crippen LogP contribution is -2.49. The van der Waals surface area contributed by atoms with Crippen LogP contribution in [-0.4, -0.2) is 57.1 Å². The largest absolute Gasteiger partial charge is 0.339 e. The zero-order valence-corrected chi connectivity index (χ0v) is 16.9. The molecule has 0 N–H and O–H groups in total. The third-order valence-electron chi connectivity index (χ3n) is 5.24. The standard InChI is InChI=1S/C20H28N6O2/c1-20(2,3)8-6-16(27)25-10-12-26(13-11-25)19-21-9-7-15(22-19)17-23-18(28-24-17)14-4-5-14/h7,9,14H,4-6,8,10-13H2,1-3H3. The van der Waals surface area contributed by atoms with Crippen molar-refractivity contribution in [2.75, 3.05) is 31.1 Å². The molecule has 0 aromatic carbocycles. The van der Waals surface area contributed by atoms with Crippen LogP contribution in [0.5, 0.6) is 0 Å². The maximum absolute atomic E-state index is 12.4. The molecule has 8 nitrogen and oxygen atoms in total. The molecule has 0 atom stereocenters. The highest BCUT2D eigenvalue weighted by Crippen LogP contribution is 2.39. The Hall–Kier alpha value is -2.51. The number of carbonyl (C=O) groups is 1. The number of anilines is 1. The molecule has 1 saturated carbocycles. The molecule has 2 fully saturated rings. The van der Waals surface area contributed by atoms with Crippen molar-refractivity contribution in [1.82, 2.24) is 25.0 Å². The maximum atomic E-state index is 12.4. The molecule has 0 radical (unpaired) electrons. The van der Waals surface area contributed by atoms with E-state index in [1.54, 1.807) is 12.3 Å². The Labute approximate surface area is 165 Å². The van der Waals surface area contributed by atoms with Gasteiger partial charge in [-0.25, -0.2) is 9.97 Å². The number of amides is 1. The fraction of sp³-hybridized carbons (Fsp3) is 0.650. The highest BCUT2D eigenvalue weighted by molar-refractivity contribution is 5.76. The zero-order chi connectivity index (χ0) is 19.7. The normalized spacial score (nSPS) is 17.8. The molecule has 0 unspecified atom stereocenters. The molecule has 2 aromatic heterocycles. The first-order chi connectivity index (χ1) is 13.4. The number of hydrogen-bond donors (Lipinski definition) is 0. The summed E-state index contributed by atoms with van der Waals surface area (Å²) in [7, 11) is 0. The predicted octanol–water partition coefficient (Wildman–Crippen LogP) is 2.88. The average molecular weight is 384 g/mol. The van der Waals surface area contributed by atoms with Gasteiger partial charge in [0, 0.05) is 44.7 Å². The first kappa shape index (κ1) is 18.8. The second kappa shape index (κ2) is 7.48. The van der Waals surface area contributed by atoms with Gasteiger partial charge >= 0.3 is 0 Å². The minimum atomic E-state index is 0.181. The van der Waals surface area contributed by atoms with Gasteiger partial charge in [0.2, 0.25) is 23.6 Å². The monoisotopic (exact) mass is 384 g/mol. The summed E-state index contributed by atoms with van der Waals surface area (Å²) in [5, 5.41) is 4.06. The molecular formula is C20H28N6O2. The molecule has 28 heavy (non-hydrogen) atoms. The lowest BCUT2D eigenvalue weighted by Gasteiger charge is -2.35. The summed E-state index contributed by atoms with van der Waals surface area (Å²) in [6.07, 6.45) is 5.48. The topological polar surface area (TPSA) is 88.3 Å². The number of carbonyl (C=O) groups excluding carboxylic acids is 1. The molecule has 1 aliphatic carbocycles. The Bertz CT molecular complexity index is 831. The van der Waals surface area contributed by atoms with E-state index in [-0.39, 0.29) is 11.3 Å². The number of rotatable bonds is 5. The van der Waals surface area contributed by atoms with E-state index in [9.17, 15) is 4.79 Å². The Morgan fingerprint density at radius 2 is 1.93 bits per heavy atom. The van der Waals surface area contributed by atoms with Gasteiger partial charge in [0.25, 0.3) is 0 Å². The predicted molar refractivity (Wildman–Crippen MR) is 105 cm³/mol. The van der Waals surface area contributed by atoms with Crippen LogP contribution in [0, 0.1) is 5.41 Å². The highest BCUT2D eigenvalue weighted by atomic mass is 16.5. The molecule has 0 spiro atoms. The summed E-state index contributed by atoms with van der Waals surface area (Å²) in [6, 6.07) is 1.80. The zero-order valence-electron chi connectivity index (χ0n) is 16.9. The average Bonchev–Trinajstić information content (AvgIpc) is 3.42. The molecule has 2 aromatic rings. The quantitative estimate of drug-likeness (QED) is 0.783. The van der Waals surface area contributed by atoms with E-state index in [2.05, 4.69) is 45.8 Å². The van der Waals surface area contributed by atoms with E-state index >= 15 is 0 Å². The number of nitrogens with zero attached hydrogens (tertiary/aromatic N) is 6. The summed E-state index contributed by atoms with van der Waals surface area (Å²) in [5.74, 6) is 2.53. The van der Waals surface area contributed by atoms with Crippen molar-refractivity contribution in [2.45, 2.75) is 52.4 Å². The van der Waals surface area contributed by atoms with Crippen molar-refractivity contribution in [1.29, 1.82) is 0 Å². The SMILES string of the molecule is CC(C)(C)CCC(=O)N1CCN(c2nccc(-c3noc(C4CC4)n3)n2)CC1. The van der Waals surface area contributed by atoms with E-state index in [4.69, 9.17) is 4.52 Å².